The molecule has 0 aliphatic heterocycles. The number of carboxylic acids is 1. The first kappa shape index (κ1) is 22.6. The van der Waals surface area contributed by atoms with E-state index in [2.05, 4.69) is 10.6 Å². The molecule has 0 bridgehead atoms. The minimum atomic E-state index is -1.21. The average molecular weight is 429 g/mol. The van der Waals surface area contributed by atoms with Crippen molar-refractivity contribution >= 4 is 46.6 Å². The smallest absolute Gasteiger partial charge is 0.328 e. The van der Waals surface area contributed by atoms with Crippen molar-refractivity contribution < 1.29 is 24.4 Å². The van der Waals surface area contributed by atoms with Gasteiger partial charge in [-0.1, -0.05) is 0 Å². The van der Waals surface area contributed by atoms with E-state index in [-0.39, 0.29) is 11.6 Å². The molecule has 3 N–H and O–H groups in total. The molecule has 1 unspecified atom stereocenters. The molecule has 0 aromatic heterocycles. The lowest BCUT2D eigenvalue weighted by Gasteiger charge is -2.14. The van der Waals surface area contributed by atoms with Crippen LogP contribution in [0.2, 0.25) is 0 Å². The van der Waals surface area contributed by atoms with Crippen LogP contribution >= 0.6 is 11.8 Å². The number of rotatable bonds is 8. The Kier molecular flexibility index (Phi) is 7.70. The van der Waals surface area contributed by atoms with E-state index >= 15 is 0 Å². The highest BCUT2D eigenvalue weighted by molar-refractivity contribution is 8.00. The van der Waals surface area contributed by atoms with Crippen LogP contribution in [-0.2, 0) is 14.4 Å². The third-order valence-corrected chi connectivity index (χ3v) is 4.97. The van der Waals surface area contributed by atoms with Gasteiger partial charge in [0.05, 0.1) is 10.2 Å². The van der Waals surface area contributed by atoms with E-state index in [0.717, 1.165) is 17.0 Å². The number of non-ortho nitro benzene ring substituents is 1. The van der Waals surface area contributed by atoms with Crippen LogP contribution in [0, 0.1) is 17.0 Å². The molecule has 2 aromatic carbocycles. The number of aryl methyl sites for hydroxylation is 1. The maximum absolute atomic E-state index is 12.4. The minimum Gasteiger partial charge on any atom is -0.478 e. The van der Waals surface area contributed by atoms with E-state index in [9.17, 15) is 24.5 Å². The van der Waals surface area contributed by atoms with Gasteiger partial charge in [0.1, 0.15) is 0 Å². The molecule has 2 aromatic rings. The third kappa shape index (κ3) is 6.74. The summed E-state index contributed by atoms with van der Waals surface area (Å²) in [5.74, 6) is -2.04. The molecule has 9 nitrogen and oxygen atoms in total. The Balaban J connectivity index is 1.94. The van der Waals surface area contributed by atoms with E-state index in [1.54, 1.807) is 38.1 Å². The van der Waals surface area contributed by atoms with Crippen LogP contribution < -0.4 is 10.6 Å². The highest BCUT2D eigenvalue weighted by atomic mass is 32.2. The van der Waals surface area contributed by atoms with Crippen LogP contribution in [0.1, 0.15) is 12.5 Å². The Hall–Kier alpha value is -3.66. The van der Waals surface area contributed by atoms with E-state index < -0.39 is 22.0 Å². The van der Waals surface area contributed by atoms with Gasteiger partial charge in [-0.25, -0.2) is 4.79 Å². The fourth-order valence-corrected chi connectivity index (χ4v) is 3.21. The second kappa shape index (κ2) is 10.2. The van der Waals surface area contributed by atoms with Crippen LogP contribution in [-0.4, -0.2) is 33.1 Å². The van der Waals surface area contributed by atoms with Crippen LogP contribution in [0.4, 0.5) is 17.1 Å². The van der Waals surface area contributed by atoms with Crippen LogP contribution in [0.3, 0.4) is 0 Å². The summed E-state index contributed by atoms with van der Waals surface area (Å²) in [4.78, 5) is 45.5. The van der Waals surface area contributed by atoms with Gasteiger partial charge in [-0.3, -0.25) is 19.7 Å². The number of benzene rings is 2. The molecule has 0 spiro atoms. The van der Waals surface area contributed by atoms with Gasteiger partial charge in [-0.15, -0.1) is 11.8 Å². The van der Waals surface area contributed by atoms with Crippen molar-refractivity contribution in [2.75, 3.05) is 10.6 Å². The molecule has 2 rings (SSSR count). The summed E-state index contributed by atoms with van der Waals surface area (Å²) >= 11 is 1.30. The molecule has 30 heavy (non-hydrogen) atoms. The third-order valence-electron chi connectivity index (χ3n) is 3.86. The average Bonchev–Trinajstić information content (AvgIpc) is 2.69. The molecule has 0 heterocycles. The summed E-state index contributed by atoms with van der Waals surface area (Å²) in [5, 5.41) is 24.2. The predicted octanol–water partition coefficient (Wildman–Crippen LogP) is 3.60. The number of nitrogens with zero attached hydrogens (tertiary/aromatic N) is 1. The van der Waals surface area contributed by atoms with Gasteiger partial charge in [0.15, 0.2) is 0 Å². The lowest BCUT2D eigenvalue weighted by Crippen LogP contribution is -2.22. The number of hydrogen-bond donors (Lipinski definition) is 3. The molecule has 0 radical (unpaired) electrons. The van der Waals surface area contributed by atoms with Crippen molar-refractivity contribution in [1.29, 1.82) is 0 Å². The van der Waals surface area contributed by atoms with Crippen molar-refractivity contribution in [3.05, 3.63) is 70.3 Å². The number of aliphatic carboxylic acids is 1. The van der Waals surface area contributed by atoms with Crippen molar-refractivity contribution in [2.24, 2.45) is 0 Å². The number of anilines is 2. The maximum atomic E-state index is 12.4. The molecule has 0 saturated heterocycles. The predicted molar refractivity (Wildman–Crippen MR) is 114 cm³/mol. The molecule has 10 heteroatoms. The van der Waals surface area contributed by atoms with Crippen molar-refractivity contribution in [2.45, 2.75) is 24.0 Å². The minimum absolute atomic E-state index is 0.0430. The highest BCUT2D eigenvalue weighted by Gasteiger charge is 2.17. The quantitative estimate of drug-likeness (QED) is 0.252. The number of carbonyl (C=O) groups is 3. The topological polar surface area (TPSA) is 139 Å². The lowest BCUT2D eigenvalue weighted by molar-refractivity contribution is -0.384. The first-order valence-electron chi connectivity index (χ1n) is 8.70. The zero-order valence-electron chi connectivity index (χ0n) is 16.1. The Morgan fingerprint density at radius 1 is 1.10 bits per heavy atom. The van der Waals surface area contributed by atoms with Crippen LogP contribution in [0.25, 0.3) is 0 Å². The van der Waals surface area contributed by atoms with Crippen molar-refractivity contribution in [3.63, 3.8) is 0 Å². The van der Waals surface area contributed by atoms with Gasteiger partial charge in [0, 0.05) is 40.6 Å². The monoisotopic (exact) mass is 429 g/mol. The maximum Gasteiger partial charge on any atom is 0.328 e. The summed E-state index contributed by atoms with van der Waals surface area (Å²) in [7, 11) is 0. The van der Waals surface area contributed by atoms with Gasteiger partial charge in [0.25, 0.3) is 5.69 Å². The highest BCUT2D eigenvalue weighted by Crippen LogP contribution is 2.27. The van der Waals surface area contributed by atoms with Crippen LogP contribution in [0.15, 0.2) is 59.5 Å². The van der Waals surface area contributed by atoms with Gasteiger partial charge in [0.2, 0.25) is 11.8 Å². The fourth-order valence-electron chi connectivity index (χ4n) is 2.34. The molecular formula is C20H19N3O6S. The second-order valence-electron chi connectivity index (χ2n) is 6.19. The largest absolute Gasteiger partial charge is 0.478 e. The van der Waals surface area contributed by atoms with Gasteiger partial charge >= 0.3 is 5.97 Å². The molecular weight excluding hydrogens is 410 g/mol. The Bertz CT molecular complexity index is 1000. The van der Waals surface area contributed by atoms with Gasteiger partial charge in [-0.05, 0) is 49.7 Å². The molecule has 156 valence electrons. The van der Waals surface area contributed by atoms with E-state index in [1.807, 2.05) is 0 Å². The molecule has 0 fully saturated rings. The molecule has 0 saturated carbocycles. The number of nitro benzene ring substituents is 1. The number of thioether (sulfide) groups is 1. The standard InChI is InChI=1S/C20H19N3O6S/c1-12-11-15(23(28)29)5-8-17(12)22-20(27)13(2)30-16-6-3-14(4-7-16)21-18(24)9-10-19(25)26/h3-11,13H,1-2H3,(H,21,24)(H,22,27)(H,25,26)/b10-9+. The first-order chi connectivity index (χ1) is 14.2. The number of amides is 2. The summed E-state index contributed by atoms with van der Waals surface area (Å²) < 4.78 is 0. The number of carboxylic acid groups (broad SMARTS) is 1. The number of nitrogens with one attached hydrogen (secondary N) is 2. The number of nitro groups is 1. The normalized spacial score (nSPS) is 11.7. The SMILES string of the molecule is Cc1cc([N+](=O)[O-])ccc1NC(=O)C(C)Sc1ccc(NC(=O)/C=C/C(=O)O)cc1. The zero-order valence-corrected chi connectivity index (χ0v) is 16.9. The van der Waals surface area contributed by atoms with E-state index in [1.165, 1.54) is 30.0 Å². The summed E-state index contributed by atoms with van der Waals surface area (Å²) in [6, 6.07) is 11.0. The molecule has 1 atom stereocenters. The van der Waals surface area contributed by atoms with E-state index in [0.29, 0.717) is 16.9 Å². The fraction of sp³-hybridized carbons (Fsp3) is 0.150. The Labute approximate surface area is 176 Å². The van der Waals surface area contributed by atoms with Gasteiger partial charge < -0.3 is 15.7 Å². The van der Waals surface area contributed by atoms with Crippen molar-refractivity contribution in [1.82, 2.24) is 0 Å². The summed E-state index contributed by atoms with van der Waals surface area (Å²) in [5.41, 5.74) is 1.54. The lowest BCUT2D eigenvalue weighted by atomic mass is 10.2. The molecule has 0 aliphatic carbocycles. The zero-order chi connectivity index (χ0) is 22.3. The Morgan fingerprint density at radius 2 is 1.77 bits per heavy atom. The Morgan fingerprint density at radius 3 is 2.33 bits per heavy atom. The van der Waals surface area contributed by atoms with Crippen molar-refractivity contribution in [3.8, 4) is 0 Å². The molecule has 0 aliphatic rings. The molecule has 2 amide bonds. The van der Waals surface area contributed by atoms with Crippen LogP contribution in [0.5, 0.6) is 0 Å². The number of carbonyl (C=O) groups excluding carboxylic acids is 2. The summed E-state index contributed by atoms with van der Waals surface area (Å²) in [6.45, 7) is 3.41. The first-order valence-corrected chi connectivity index (χ1v) is 9.58. The second-order valence-corrected chi connectivity index (χ2v) is 7.61. The van der Waals surface area contributed by atoms with E-state index in [4.69, 9.17) is 5.11 Å². The number of hydrogen-bond acceptors (Lipinski definition) is 6. The van der Waals surface area contributed by atoms with Gasteiger partial charge in [-0.2, -0.15) is 0 Å². The summed E-state index contributed by atoms with van der Waals surface area (Å²) in [6.07, 6.45) is 1.66.